The summed E-state index contributed by atoms with van der Waals surface area (Å²) in [6.45, 7) is 14.4. The van der Waals surface area contributed by atoms with Gasteiger partial charge < -0.3 is 33.8 Å². The van der Waals surface area contributed by atoms with E-state index < -0.39 is 97.5 Å². The van der Waals surface area contributed by atoms with Crippen LogP contribution in [0.5, 0.6) is 0 Å². The highest BCUT2D eigenvalue weighted by atomic mass is 31.2. The predicted octanol–water partition coefficient (Wildman–Crippen LogP) is 27.1. The van der Waals surface area contributed by atoms with Crippen molar-refractivity contribution in [3.05, 3.63) is 0 Å². The van der Waals surface area contributed by atoms with E-state index in [2.05, 4.69) is 55.4 Å². The van der Waals surface area contributed by atoms with Gasteiger partial charge in [-0.05, 0) is 49.4 Å². The Balaban J connectivity index is 5.21. The van der Waals surface area contributed by atoms with Crippen molar-refractivity contribution < 1.29 is 80.2 Å². The Labute approximate surface area is 664 Å². The molecule has 7 atom stereocenters. The fourth-order valence-corrected chi connectivity index (χ4v) is 15.4. The van der Waals surface area contributed by atoms with Crippen LogP contribution < -0.4 is 0 Å². The van der Waals surface area contributed by atoms with E-state index in [1.54, 1.807) is 0 Å². The lowest BCUT2D eigenvalue weighted by molar-refractivity contribution is -0.161. The van der Waals surface area contributed by atoms with E-state index >= 15 is 0 Å². The average molecular weight is 1580 g/mol. The number of unbranched alkanes of at least 4 members (excludes halogenated alkanes) is 50. The van der Waals surface area contributed by atoms with Gasteiger partial charge in [-0.25, -0.2) is 9.13 Å². The van der Waals surface area contributed by atoms with E-state index in [0.29, 0.717) is 25.7 Å². The molecule has 19 heteroatoms. The maximum absolute atomic E-state index is 13.2. The van der Waals surface area contributed by atoms with Crippen LogP contribution in [-0.2, 0) is 65.4 Å². The number of hydrogen-bond acceptors (Lipinski definition) is 15. The standard InChI is InChI=1S/C89H174O17P2/c1-9-81(7)67-59-51-43-37-31-25-18-13-11-12-14-19-26-32-38-44-53-61-69-86(91)99-75-84(105-88(93)71-64-56-46-40-34-28-22-21-24-30-36-42-50-58-66-80(5)6)77-103-107(95,96)101-73-83(90)74-102-108(97,98)104-78-85(76-100-87(92)70-62-54-48-47-52-60-68-82(8)10-2)106-89(94)72-63-55-45-39-33-27-20-16-15-17-23-29-35-41-49-57-65-79(3)4/h79-85,90H,9-78H2,1-8H3,(H,95,96)(H,97,98)/t81?,82?,83-,84-,85-/m1/s1. The fourth-order valence-electron chi connectivity index (χ4n) is 13.8. The lowest BCUT2D eigenvalue weighted by Gasteiger charge is -2.21. The smallest absolute Gasteiger partial charge is 0.462 e. The summed E-state index contributed by atoms with van der Waals surface area (Å²) in [4.78, 5) is 73.3. The van der Waals surface area contributed by atoms with Crippen LogP contribution in [0.2, 0.25) is 0 Å². The van der Waals surface area contributed by atoms with Gasteiger partial charge >= 0.3 is 39.5 Å². The minimum Gasteiger partial charge on any atom is -0.462 e. The van der Waals surface area contributed by atoms with Crippen LogP contribution in [0.4, 0.5) is 0 Å². The van der Waals surface area contributed by atoms with Crippen molar-refractivity contribution in [1.29, 1.82) is 0 Å². The van der Waals surface area contributed by atoms with E-state index in [0.717, 1.165) is 120 Å². The molecule has 0 radical (unpaired) electrons. The first kappa shape index (κ1) is 106. The van der Waals surface area contributed by atoms with E-state index in [1.165, 1.54) is 263 Å². The average Bonchev–Trinajstić information content (AvgIpc) is 0.898. The molecule has 0 spiro atoms. The van der Waals surface area contributed by atoms with E-state index in [9.17, 15) is 43.2 Å². The highest BCUT2D eigenvalue weighted by Crippen LogP contribution is 2.45. The van der Waals surface area contributed by atoms with Gasteiger partial charge in [-0.1, -0.05) is 415 Å². The molecule has 0 amide bonds. The molecule has 0 aromatic rings. The van der Waals surface area contributed by atoms with Gasteiger partial charge in [0.15, 0.2) is 12.2 Å². The van der Waals surface area contributed by atoms with Crippen molar-refractivity contribution in [2.75, 3.05) is 39.6 Å². The molecule has 4 unspecified atom stereocenters. The van der Waals surface area contributed by atoms with Crippen LogP contribution in [0.15, 0.2) is 0 Å². The fraction of sp³-hybridized carbons (Fsp3) is 0.955. The molecule has 0 saturated heterocycles. The maximum atomic E-state index is 13.2. The zero-order valence-corrected chi connectivity index (χ0v) is 73.3. The zero-order valence-electron chi connectivity index (χ0n) is 71.5. The van der Waals surface area contributed by atoms with Gasteiger partial charge in [-0.3, -0.25) is 37.3 Å². The number of phosphoric ester groups is 2. The molecule has 642 valence electrons. The molecule has 3 N–H and O–H groups in total. The number of carbonyl (C=O) groups is 4. The van der Waals surface area contributed by atoms with Crippen LogP contribution in [-0.4, -0.2) is 96.7 Å². The molecule has 0 aliphatic heterocycles. The minimum atomic E-state index is -4.97. The molecule has 0 saturated carbocycles. The normalized spacial score (nSPS) is 14.4. The SMILES string of the molecule is CCC(C)CCCCCCCCCCCCCCCCCCCCC(=O)OC[C@H](COP(=O)(O)OC[C@@H](O)COP(=O)(O)OC[C@@H](COC(=O)CCCCCCCCC(C)CC)OC(=O)CCCCCCCCCCCCCCCCCCC(C)C)OC(=O)CCCCCCCCCCCCCCCCC(C)C. The van der Waals surface area contributed by atoms with Crippen molar-refractivity contribution in [3.63, 3.8) is 0 Å². The summed E-state index contributed by atoms with van der Waals surface area (Å²) in [7, 11) is -9.93. The maximum Gasteiger partial charge on any atom is 0.472 e. The van der Waals surface area contributed by atoms with Gasteiger partial charge in [0, 0.05) is 25.7 Å². The Bertz CT molecular complexity index is 2100. The van der Waals surface area contributed by atoms with Gasteiger partial charge in [0.2, 0.25) is 0 Å². The molecular weight excluding hydrogens is 1400 g/mol. The molecule has 0 aromatic carbocycles. The molecule has 0 fully saturated rings. The molecule has 0 rings (SSSR count). The number of ether oxygens (including phenoxy) is 4. The predicted molar refractivity (Wildman–Crippen MR) is 446 cm³/mol. The molecular formula is C89H174O17P2. The summed E-state index contributed by atoms with van der Waals surface area (Å²) in [6, 6.07) is 0. The van der Waals surface area contributed by atoms with E-state index in [-0.39, 0.29) is 25.7 Å². The summed E-state index contributed by atoms with van der Waals surface area (Å²) in [5, 5.41) is 10.7. The van der Waals surface area contributed by atoms with Gasteiger partial charge in [-0.2, -0.15) is 0 Å². The number of rotatable bonds is 86. The molecule has 0 heterocycles. The summed E-state index contributed by atoms with van der Waals surface area (Å²) >= 11 is 0. The summed E-state index contributed by atoms with van der Waals surface area (Å²) < 4.78 is 69.0. The second-order valence-electron chi connectivity index (χ2n) is 33.4. The first-order valence-electron chi connectivity index (χ1n) is 45.8. The third-order valence-electron chi connectivity index (χ3n) is 21.5. The van der Waals surface area contributed by atoms with Crippen molar-refractivity contribution in [1.82, 2.24) is 0 Å². The Hall–Kier alpha value is -1.94. The number of aliphatic hydroxyl groups excluding tert-OH is 1. The quantitative estimate of drug-likeness (QED) is 0.0222. The molecule has 17 nitrogen and oxygen atoms in total. The lowest BCUT2D eigenvalue weighted by atomic mass is 9.99. The number of carbonyl (C=O) groups excluding carboxylic acids is 4. The van der Waals surface area contributed by atoms with Crippen molar-refractivity contribution in [2.45, 2.75) is 485 Å². The molecule has 0 aromatic heterocycles. The third-order valence-corrected chi connectivity index (χ3v) is 23.4. The highest BCUT2D eigenvalue weighted by Gasteiger charge is 2.31. The summed E-state index contributed by atoms with van der Waals surface area (Å²) in [5.41, 5.74) is 0. The van der Waals surface area contributed by atoms with Crippen LogP contribution in [0.25, 0.3) is 0 Å². The first-order chi connectivity index (χ1) is 52.2. The Kier molecular flexibility index (Phi) is 76.2. The number of phosphoric acid groups is 2. The second-order valence-corrected chi connectivity index (χ2v) is 36.3. The van der Waals surface area contributed by atoms with Gasteiger partial charge in [-0.15, -0.1) is 0 Å². The van der Waals surface area contributed by atoms with Crippen molar-refractivity contribution >= 4 is 39.5 Å². The van der Waals surface area contributed by atoms with Crippen LogP contribution in [0, 0.1) is 23.7 Å². The van der Waals surface area contributed by atoms with Crippen molar-refractivity contribution in [3.8, 4) is 0 Å². The monoisotopic (exact) mass is 1580 g/mol. The van der Waals surface area contributed by atoms with Crippen molar-refractivity contribution in [2.24, 2.45) is 23.7 Å². The minimum absolute atomic E-state index is 0.107. The second kappa shape index (κ2) is 77.6. The van der Waals surface area contributed by atoms with Crippen LogP contribution >= 0.6 is 15.6 Å². The molecule has 0 aliphatic carbocycles. The lowest BCUT2D eigenvalue weighted by Crippen LogP contribution is -2.30. The largest absolute Gasteiger partial charge is 0.472 e. The number of aliphatic hydroxyl groups is 1. The number of esters is 4. The Morgan fingerprint density at radius 1 is 0.259 bits per heavy atom. The molecule has 108 heavy (non-hydrogen) atoms. The van der Waals surface area contributed by atoms with Gasteiger partial charge in [0.25, 0.3) is 0 Å². The topological polar surface area (TPSA) is 237 Å². The van der Waals surface area contributed by atoms with E-state index in [4.69, 9.17) is 37.0 Å². The summed E-state index contributed by atoms with van der Waals surface area (Å²) in [6.07, 6.45) is 68.1. The Morgan fingerprint density at radius 3 is 0.657 bits per heavy atom. The molecule has 0 bridgehead atoms. The Morgan fingerprint density at radius 2 is 0.444 bits per heavy atom. The third kappa shape index (κ3) is 79.3. The van der Waals surface area contributed by atoms with E-state index in [1.807, 2.05) is 0 Å². The first-order valence-corrected chi connectivity index (χ1v) is 48.8. The van der Waals surface area contributed by atoms with Gasteiger partial charge in [0.1, 0.15) is 19.3 Å². The van der Waals surface area contributed by atoms with Crippen LogP contribution in [0.3, 0.4) is 0 Å². The van der Waals surface area contributed by atoms with Gasteiger partial charge in [0.05, 0.1) is 26.4 Å². The summed E-state index contributed by atoms with van der Waals surface area (Å²) in [5.74, 6) is 1.10. The zero-order chi connectivity index (χ0) is 79.5. The molecule has 0 aliphatic rings. The number of hydrogen-bond donors (Lipinski definition) is 3. The van der Waals surface area contributed by atoms with Crippen LogP contribution in [0.1, 0.15) is 466 Å². The highest BCUT2D eigenvalue weighted by molar-refractivity contribution is 7.47.